The number of nitrogens with zero attached hydrogens (tertiary/aromatic N) is 2. The number of pyridine rings is 1. The van der Waals surface area contributed by atoms with Crippen molar-refractivity contribution in [3.63, 3.8) is 0 Å². The van der Waals surface area contributed by atoms with E-state index in [0.29, 0.717) is 0 Å². The van der Waals surface area contributed by atoms with Crippen LogP contribution in [0.2, 0.25) is 0 Å². The zero-order valence-corrected chi connectivity index (χ0v) is 13.4. The normalized spacial score (nSPS) is 15.1. The van der Waals surface area contributed by atoms with Crippen molar-refractivity contribution >= 4 is 22.4 Å². The van der Waals surface area contributed by atoms with Gasteiger partial charge in [-0.3, -0.25) is 9.78 Å². The summed E-state index contributed by atoms with van der Waals surface area (Å²) in [6.45, 7) is 2.30. The zero-order valence-electron chi connectivity index (χ0n) is 12.6. The van der Waals surface area contributed by atoms with Crippen LogP contribution in [0.3, 0.4) is 0 Å². The molecular formula is C16H20N4OS. The largest absolute Gasteiger partial charge is 0.302 e. The Labute approximate surface area is 134 Å². The van der Waals surface area contributed by atoms with Gasteiger partial charge < -0.3 is 10.6 Å². The van der Waals surface area contributed by atoms with E-state index in [4.69, 9.17) is 0 Å². The third-order valence-electron chi connectivity index (χ3n) is 3.87. The molecule has 0 fully saturated rings. The summed E-state index contributed by atoms with van der Waals surface area (Å²) < 4.78 is 0. The van der Waals surface area contributed by atoms with E-state index in [9.17, 15) is 4.79 Å². The minimum absolute atomic E-state index is 0.0491. The Morgan fingerprint density at radius 2 is 2.09 bits per heavy atom. The number of anilines is 1. The van der Waals surface area contributed by atoms with Crippen LogP contribution in [0.15, 0.2) is 24.5 Å². The number of hydrogen-bond donors (Lipinski definition) is 2. The van der Waals surface area contributed by atoms with Crippen LogP contribution in [0, 0.1) is 0 Å². The van der Waals surface area contributed by atoms with Crippen molar-refractivity contribution in [3.05, 3.63) is 40.7 Å². The van der Waals surface area contributed by atoms with Gasteiger partial charge in [-0.1, -0.05) is 0 Å². The summed E-state index contributed by atoms with van der Waals surface area (Å²) in [5.41, 5.74) is 2.29. The van der Waals surface area contributed by atoms with Gasteiger partial charge in [-0.2, -0.15) is 0 Å². The lowest BCUT2D eigenvalue weighted by molar-refractivity contribution is -0.115. The zero-order chi connectivity index (χ0) is 15.4. The second kappa shape index (κ2) is 6.98. The molecule has 5 nitrogen and oxygen atoms in total. The number of aryl methyl sites for hydroxylation is 2. The molecule has 1 unspecified atom stereocenters. The first kappa shape index (κ1) is 15.1. The number of carbonyl (C=O) groups is 1. The molecule has 3 rings (SSSR count). The Morgan fingerprint density at radius 3 is 2.86 bits per heavy atom. The van der Waals surface area contributed by atoms with Crippen molar-refractivity contribution in [2.24, 2.45) is 0 Å². The molecule has 116 valence electrons. The molecule has 0 saturated carbocycles. The number of rotatable bonds is 5. The summed E-state index contributed by atoms with van der Waals surface area (Å²) in [7, 11) is 0. The highest BCUT2D eigenvalue weighted by Gasteiger charge is 2.16. The highest BCUT2D eigenvalue weighted by atomic mass is 32.1. The van der Waals surface area contributed by atoms with E-state index in [1.54, 1.807) is 23.7 Å². The fourth-order valence-electron chi connectivity index (χ4n) is 2.58. The lowest BCUT2D eigenvalue weighted by Gasteiger charge is -2.13. The Balaban J connectivity index is 1.51. The Kier molecular flexibility index (Phi) is 4.80. The number of thiazole rings is 1. The molecule has 2 N–H and O–H groups in total. The van der Waals surface area contributed by atoms with Gasteiger partial charge in [-0.15, -0.1) is 11.3 Å². The van der Waals surface area contributed by atoms with Crippen molar-refractivity contribution in [2.45, 2.75) is 38.6 Å². The van der Waals surface area contributed by atoms with Crippen molar-refractivity contribution < 1.29 is 4.79 Å². The lowest BCUT2D eigenvalue weighted by Crippen LogP contribution is -2.30. The molecule has 2 aromatic rings. The van der Waals surface area contributed by atoms with Gasteiger partial charge in [0.2, 0.25) is 5.91 Å². The second-order valence-electron chi connectivity index (χ2n) is 5.53. The van der Waals surface area contributed by atoms with Gasteiger partial charge >= 0.3 is 0 Å². The van der Waals surface area contributed by atoms with Gasteiger partial charge in [0.15, 0.2) is 5.13 Å². The van der Waals surface area contributed by atoms with E-state index < -0.39 is 0 Å². The van der Waals surface area contributed by atoms with Crippen LogP contribution in [0.4, 0.5) is 5.13 Å². The molecule has 2 heterocycles. The van der Waals surface area contributed by atoms with Crippen LogP contribution in [0.25, 0.3) is 0 Å². The van der Waals surface area contributed by atoms with Gasteiger partial charge in [0.25, 0.3) is 0 Å². The molecule has 2 aromatic heterocycles. The number of nitrogens with one attached hydrogen (secondary N) is 2. The topological polar surface area (TPSA) is 66.9 Å². The molecule has 22 heavy (non-hydrogen) atoms. The molecule has 0 aromatic carbocycles. The highest BCUT2D eigenvalue weighted by Crippen LogP contribution is 2.29. The average Bonchev–Trinajstić information content (AvgIpc) is 2.95. The average molecular weight is 316 g/mol. The second-order valence-corrected chi connectivity index (χ2v) is 6.61. The van der Waals surface area contributed by atoms with Crippen LogP contribution in [0.5, 0.6) is 0 Å². The third-order valence-corrected chi connectivity index (χ3v) is 4.94. The van der Waals surface area contributed by atoms with Gasteiger partial charge in [-0.05, 0) is 50.3 Å². The summed E-state index contributed by atoms with van der Waals surface area (Å²) in [5.74, 6) is -0.0491. The van der Waals surface area contributed by atoms with Crippen molar-refractivity contribution in [3.8, 4) is 0 Å². The predicted molar refractivity (Wildman–Crippen MR) is 88.0 cm³/mol. The van der Waals surface area contributed by atoms with E-state index in [0.717, 1.165) is 23.5 Å². The standard InChI is InChI=1S/C16H20N4OS/c1-11(12-6-8-17-9-7-12)18-10-15(21)20-16-19-13-4-2-3-5-14(13)22-16/h6-9,11,18H,2-5,10H2,1H3,(H,19,20,21). The molecule has 0 radical (unpaired) electrons. The molecule has 6 heteroatoms. The molecule has 0 spiro atoms. The molecule has 1 aliphatic rings. The van der Waals surface area contributed by atoms with Crippen LogP contribution in [0.1, 0.15) is 41.9 Å². The van der Waals surface area contributed by atoms with E-state index in [-0.39, 0.29) is 18.5 Å². The number of carbonyl (C=O) groups excluding carboxylic acids is 1. The summed E-state index contributed by atoms with van der Waals surface area (Å²) >= 11 is 1.62. The lowest BCUT2D eigenvalue weighted by atomic mass is 10.0. The van der Waals surface area contributed by atoms with Gasteiger partial charge in [0, 0.05) is 23.3 Å². The molecule has 0 aliphatic heterocycles. The molecule has 1 amide bonds. The van der Waals surface area contributed by atoms with Gasteiger partial charge in [-0.25, -0.2) is 4.98 Å². The van der Waals surface area contributed by atoms with Crippen LogP contribution >= 0.6 is 11.3 Å². The quantitative estimate of drug-likeness (QED) is 0.890. The van der Waals surface area contributed by atoms with E-state index >= 15 is 0 Å². The maximum Gasteiger partial charge on any atom is 0.240 e. The van der Waals surface area contributed by atoms with Crippen LogP contribution in [-0.2, 0) is 17.6 Å². The smallest absolute Gasteiger partial charge is 0.240 e. The van der Waals surface area contributed by atoms with E-state index in [2.05, 4.69) is 20.6 Å². The molecule has 1 aliphatic carbocycles. The molecule has 0 saturated heterocycles. The fourth-order valence-corrected chi connectivity index (χ4v) is 3.65. The van der Waals surface area contributed by atoms with Gasteiger partial charge in [0.1, 0.15) is 0 Å². The van der Waals surface area contributed by atoms with Crippen LogP contribution in [-0.4, -0.2) is 22.4 Å². The van der Waals surface area contributed by atoms with E-state index in [1.807, 2.05) is 19.1 Å². The predicted octanol–water partition coefficient (Wildman–Crippen LogP) is 2.71. The maximum atomic E-state index is 12.0. The van der Waals surface area contributed by atoms with Crippen LogP contribution < -0.4 is 10.6 Å². The minimum atomic E-state index is -0.0491. The fraction of sp³-hybridized carbons (Fsp3) is 0.438. The number of hydrogen-bond acceptors (Lipinski definition) is 5. The van der Waals surface area contributed by atoms with E-state index in [1.165, 1.54) is 23.4 Å². The number of amides is 1. The Hall–Kier alpha value is -1.79. The summed E-state index contributed by atoms with van der Waals surface area (Å²) in [5, 5.41) is 6.85. The summed E-state index contributed by atoms with van der Waals surface area (Å²) in [6.07, 6.45) is 8.09. The van der Waals surface area contributed by atoms with Crippen molar-refractivity contribution in [1.29, 1.82) is 0 Å². The number of fused-ring (bicyclic) bond motifs is 1. The minimum Gasteiger partial charge on any atom is -0.302 e. The maximum absolute atomic E-state index is 12.0. The Morgan fingerprint density at radius 1 is 1.32 bits per heavy atom. The highest BCUT2D eigenvalue weighted by molar-refractivity contribution is 7.15. The summed E-state index contributed by atoms with van der Waals surface area (Å²) in [4.78, 5) is 21.9. The first-order valence-corrected chi connectivity index (χ1v) is 8.46. The third kappa shape index (κ3) is 3.69. The van der Waals surface area contributed by atoms with Crippen molar-refractivity contribution in [1.82, 2.24) is 15.3 Å². The number of aromatic nitrogens is 2. The first-order valence-electron chi connectivity index (χ1n) is 7.64. The van der Waals surface area contributed by atoms with Gasteiger partial charge in [0.05, 0.1) is 12.2 Å². The SMILES string of the molecule is CC(NCC(=O)Nc1nc2c(s1)CCCC2)c1ccncc1. The monoisotopic (exact) mass is 316 g/mol. The molecular weight excluding hydrogens is 296 g/mol. The van der Waals surface area contributed by atoms with Crippen molar-refractivity contribution in [2.75, 3.05) is 11.9 Å². The Bertz CT molecular complexity index is 617. The molecule has 1 atom stereocenters. The first-order chi connectivity index (χ1) is 10.7. The molecule has 0 bridgehead atoms. The summed E-state index contributed by atoms with van der Waals surface area (Å²) in [6, 6.07) is 4.01.